The number of nitrogens with zero attached hydrogens (tertiary/aromatic N) is 3. The second kappa shape index (κ2) is 3.35. The van der Waals surface area contributed by atoms with E-state index in [9.17, 15) is 0 Å². The molecule has 2 N–H and O–H groups in total. The van der Waals surface area contributed by atoms with Gasteiger partial charge >= 0.3 is 18.4 Å². The van der Waals surface area contributed by atoms with Gasteiger partial charge in [-0.15, -0.1) is 9.98 Å². The Morgan fingerprint density at radius 2 is 2.17 bits per heavy atom. The van der Waals surface area contributed by atoms with Crippen molar-refractivity contribution in [2.24, 2.45) is 9.98 Å². The molecule has 1 atom stereocenters. The molecule has 0 amide bonds. The zero-order valence-corrected chi connectivity index (χ0v) is 8.45. The first-order valence-electron chi connectivity index (χ1n) is 2.59. The normalized spacial score (nSPS) is 27.5. The second-order valence-corrected chi connectivity index (χ2v) is 3.37. The molecule has 0 spiro atoms. The minimum atomic E-state index is -1.57. The molecule has 9 heteroatoms. The van der Waals surface area contributed by atoms with Gasteiger partial charge in [0, 0.05) is 3.52 Å². The molecule has 0 saturated heterocycles. The number of halogens is 3. The standard InChI is InChI=1S/C3H2BrCl2N3O3/c4-12-3-8-1(10)7-2(11)9(3,5)6/h2,11H/p+1. The molecule has 0 aromatic heterocycles. The molecule has 12 heavy (non-hydrogen) atoms. The molecule has 1 rings (SSSR count). The monoisotopic (exact) mass is 278 g/mol. The molecule has 1 aliphatic rings. The first-order valence-corrected chi connectivity index (χ1v) is 3.91. The van der Waals surface area contributed by atoms with Crippen LogP contribution >= 0.6 is 39.8 Å². The molecule has 0 aliphatic carbocycles. The van der Waals surface area contributed by atoms with E-state index in [-0.39, 0.29) is 6.02 Å². The van der Waals surface area contributed by atoms with Crippen LogP contribution in [0.15, 0.2) is 9.98 Å². The molecule has 1 heterocycles. The Kier molecular flexibility index (Phi) is 2.79. The van der Waals surface area contributed by atoms with Crippen molar-refractivity contribution in [3.63, 3.8) is 0 Å². The van der Waals surface area contributed by atoms with E-state index < -0.39 is 15.9 Å². The van der Waals surface area contributed by atoms with Crippen molar-refractivity contribution in [1.29, 1.82) is 0 Å². The first-order chi connectivity index (χ1) is 5.48. The summed E-state index contributed by atoms with van der Waals surface area (Å²) in [7, 11) is 0. The van der Waals surface area contributed by atoms with E-state index in [1.807, 2.05) is 0 Å². The third kappa shape index (κ3) is 1.64. The number of amidine groups is 2. The zero-order chi connectivity index (χ0) is 9.35. The Bertz CT molecular complexity index is 255. The van der Waals surface area contributed by atoms with Crippen molar-refractivity contribution in [3.05, 3.63) is 0 Å². The van der Waals surface area contributed by atoms with Gasteiger partial charge in [0.05, 0.1) is 0 Å². The highest BCUT2D eigenvalue weighted by Gasteiger charge is 2.47. The van der Waals surface area contributed by atoms with Crippen LogP contribution in [-0.4, -0.2) is 32.1 Å². The molecule has 1 aliphatic heterocycles. The van der Waals surface area contributed by atoms with Gasteiger partial charge in [-0.05, 0) is 0 Å². The smallest absolute Gasteiger partial charge is 0.456 e. The minimum absolute atomic E-state index is 0.335. The third-order valence-electron chi connectivity index (χ3n) is 1.04. The lowest BCUT2D eigenvalue weighted by atomic mass is 10.8. The molecular formula is C3H3BrCl2N3O3+. The lowest BCUT2D eigenvalue weighted by Crippen LogP contribution is -2.46. The highest BCUT2D eigenvalue weighted by atomic mass is 79.9. The second-order valence-electron chi connectivity index (χ2n) is 1.80. The molecule has 0 saturated carbocycles. The Balaban J connectivity index is 3.02. The predicted molar refractivity (Wildman–Crippen MR) is 45.5 cm³/mol. The van der Waals surface area contributed by atoms with Gasteiger partial charge in [-0.2, -0.15) is 0 Å². The summed E-state index contributed by atoms with van der Waals surface area (Å²) in [4.78, 5) is 6.49. The zero-order valence-electron chi connectivity index (χ0n) is 5.36. The molecule has 0 fully saturated rings. The van der Waals surface area contributed by atoms with Crippen LogP contribution < -0.4 is 0 Å². The summed E-state index contributed by atoms with van der Waals surface area (Å²) in [6, 6.07) is -0.995. The maximum atomic E-state index is 9.09. The van der Waals surface area contributed by atoms with Crippen molar-refractivity contribution in [3.8, 4) is 0 Å². The fourth-order valence-corrected chi connectivity index (χ4v) is 1.22. The molecule has 68 valence electrons. The molecular weight excluding hydrogens is 277 g/mol. The summed E-state index contributed by atoms with van der Waals surface area (Å²) in [5.74, 6) is 0. The largest absolute Gasteiger partial charge is 0.479 e. The van der Waals surface area contributed by atoms with Gasteiger partial charge in [-0.1, -0.05) is 0 Å². The molecule has 1 unspecified atom stereocenters. The summed E-state index contributed by atoms with van der Waals surface area (Å²) in [6.07, 6.45) is -1.57. The average Bonchev–Trinajstić information content (AvgIpc) is 1.97. The van der Waals surface area contributed by atoms with E-state index in [0.29, 0.717) is 0 Å². The molecule has 0 radical (unpaired) electrons. The summed E-state index contributed by atoms with van der Waals surface area (Å²) in [5, 5.41) is 17.9. The van der Waals surface area contributed by atoms with Gasteiger partial charge < -0.3 is 14.0 Å². The fraction of sp³-hybridized carbons (Fsp3) is 0.333. The molecule has 0 aromatic carbocycles. The van der Waals surface area contributed by atoms with Gasteiger partial charge in [-0.25, -0.2) is 0 Å². The number of quaternary nitrogens is 1. The summed E-state index contributed by atoms with van der Waals surface area (Å²) >= 11 is 13.6. The first kappa shape index (κ1) is 10.0. The van der Waals surface area contributed by atoms with Crippen LogP contribution in [-0.2, 0) is 3.83 Å². The van der Waals surface area contributed by atoms with E-state index in [1.54, 1.807) is 0 Å². The molecule has 6 nitrogen and oxygen atoms in total. The molecule has 0 bridgehead atoms. The number of aliphatic imine (C=N–C) groups is 2. The quantitative estimate of drug-likeness (QED) is 0.650. The summed E-state index contributed by atoms with van der Waals surface area (Å²) < 4.78 is 3.29. The van der Waals surface area contributed by atoms with E-state index in [2.05, 4.69) is 30.1 Å². The highest BCUT2D eigenvalue weighted by Crippen LogP contribution is 2.28. The lowest BCUT2D eigenvalue weighted by Gasteiger charge is -2.21. The van der Waals surface area contributed by atoms with Gasteiger partial charge in [0.15, 0.2) is 16.3 Å². The summed E-state index contributed by atoms with van der Waals surface area (Å²) in [6.45, 7) is 0. The number of hydrogen-bond acceptors (Lipinski definition) is 4. The van der Waals surface area contributed by atoms with Gasteiger partial charge in [0.2, 0.25) is 23.6 Å². The highest BCUT2D eigenvalue weighted by molar-refractivity contribution is 9.06. The fourth-order valence-electron chi connectivity index (χ4n) is 0.519. The Hall–Kier alpha value is -0.0800. The Morgan fingerprint density at radius 1 is 1.58 bits per heavy atom. The predicted octanol–water partition coefficient (Wildman–Crippen LogP) is 0.997. The lowest BCUT2D eigenvalue weighted by molar-refractivity contribution is -0.669. The maximum Gasteiger partial charge on any atom is 0.456 e. The van der Waals surface area contributed by atoms with Crippen LogP contribution in [0.5, 0.6) is 0 Å². The van der Waals surface area contributed by atoms with Crippen LogP contribution in [0, 0.1) is 0 Å². The van der Waals surface area contributed by atoms with Crippen LogP contribution in [0.2, 0.25) is 0 Å². The molecule has 0 aromatic rings. The number of rotatable bonds is 0. The Labute approximate surface area is 85.9 Å². The van der Waals surface area contributed by atoms with Crippen LogP contribution in [0.3, 0.4) is 0 Å². The van der Waals surface area contributed by atoms with Crippen LogP contribution in [0.1, 0.15) is 0 Å². The van der Waals surface area contributed by atoms with E-state index in [1.165, 1.54) is 0 Å². The van der Waals surface area contributed by atoms with Crippen molar-refractivity contribution >= 4 is 51.9 Å². The number of aliphatic hydroxyl groups is 2. The van der Waals surface area contributed by atoms with Gasteiger partial charge in [0.1, 0.15) is 0 Å². The minimum Gasteiger partial charge on any atom is -0.479 e. The SMILES string of the molecule is OC1=NC(O)[N+](Cl)(Cl)C(OBr)=N1. The third-order valence-corrected chi connectivity index (χ3v) is 1.97. The van der Waals surface area contributed by atoms with Crippen molar-refractivity contribution in [1.82, 2.24) is 0 Å². The Morgan fingerprint density at radius 3 is 2.67 bits per heavy atom. The van der Waals surface area contributed by atoms with Crippen molar-refractivity contribution < 1.29 is 17.6 Å². The maximum absolute atomic E-state index is 9.09. The van der Waals surface area contributed by atoms with Crippen LogP contribution in [0.25, 0.3) is 0 Å². The van der Waals surface area contributed by atoms with E-state index >= 15 is 0 Å². The van der Waals surface area contributed by atoms with Crippen molar-refractivity contribution in [2.45, 2.75) is 6.35 Å². The number of hydrogen-bond donors (Lipinski definition) is 2. The van der Waals surface area contributed by atoms with E-state index in [0.717, 1.165) is 0 Å². The number of aliphatic hydroxyl groups excluding tert-OH is 2. The topological polar surface area (TPSA) is 74.4 Å². The van der Waals surface area contributed by atoms with Crippen molar-refractivity contribution in [2.75, 3.05) is 0 Å². The average molecular weight is 280 g/mol. The summed E-state index contributed by atoms with van der Waals surface area (Å²) in [5.41, 5.74) is 0. The van der Waals surface area contributed by atoms with Gasteiger partial charge in [0.25, 0.3) is 0 Å². The van der Waals surface area contributed by atoms with E-state index in [4.69, 9.17) is 33.8 Å². The van der Waals surface area contributed by atoms with Gasteiger partial charge in [-0.3, -0.25) is 0 Å². The van der Waals surface area contributed by atoms with Crippen LogP contribution in [0.4, 0.5) is 0 Å².